The van der Waals surface area contributed by atoms with Crippen molar-refractivity contribution in [3.05, 3.63) is 41.6 Å². The van der Waals surface area contributed by atoms with E-state index in [0.717, 1.165) is 6.07 Å². The minimum absolute atomic E-state index is 0.00948. The lowest BCUT2D eigenvalue weighted by Gasteiger charge is -2.07. The third kappa shape index (κ3) is 2.20. The number of carbonyl (C=O) groups is 1. The molecule has 88 valence electrons. The summed E-state index contributed by atoms with van der Waals surface area (Å²) in [6.45, 7) is 0. The van der Waals surface area contributed by atoms with Gasteiger partial charge in [0.2, 0.25) is 0 Å². The van der Waals surface area contributed by atoms with E-state index < -0.39 is 17.7 Å². The predicted octanol–water partition coefficient (Wildman–Crippen LogP) is 2.95. The Balaban J connectivity index is 2.58. The van der Waals surface area contributed by atoms with E-state index in [1.165, 1.54) is 18.2 Å². The molecule has 1 heterocycles. The predicted molar refractivity (Wildman–Crippen MR) is 53.7 cm³/mol. The second-order valence-electron chi connectivity index (χ2n) is 3.43. The van der Waals surface area contributed by atoms with Gasteiger partial charge >= 0.3 is 12.1 Å². The largest absolute Gasteiger partial charge is 0.478 e. The van der Waals surface area contributed by atoms with Gasteiger partial charge in [0.15, 0.2) is 0 Å². The summed E-state index contributed by atoms with van der Waals surface area (Å²) in [6, 6.07) is 4.72. The van der Waals surface area contributed by atoms with Crippen LogP contribution in [-0.2, 0) is 6.18 Å². The van der Waals surface area contributed by atoms with Crippen LogP contribution in [0.5, 0.6) is 0 Å². The van der Waals surface area contributed by atoms with E-state index in [-0.39, 0.29) is 16.5 Å². The molecule has 0 atom stereocenters. The summed E-state index contributed by atoms with van der Waals surface area (Å²) in [5.41, 5.74) is -0.643. The summed E-state index contributed by atoms with van der Waals surface area (Å²) < 4.78 is 37.2. The summed E-state index contributed by atoms with van der Waals surface area (Å²) in [4.78, 5) is 14.3. The molecule has 0 unspecified atom stereocenters. The Morgan fingerprint density at radius 3 is 2.53 bits per heavy atom. The fraction of sp³-hybridized carbons (Fsp3) is 0.0909. The molecule has 0 bridgehead atoms. The standard InChI is InChI=1S/C11H6F3NO2/c12-11(13,14)8-3-6-1-2-7(10(16)17)4-9(6)15-5-8/h1-5H,(H,16,17). The number of rotatable bonds is 1. The highest BCUT2D eigenvalue weighted by atomic mass is 19.4. The van der Waals surface area contributed by atoms with Crippen LogP contribution in [0.2, 0.25) is 0 Å². The van der Waals surface area contributed by atoms with Crippen molar-refractivity contribution in [3.8, 4) is 0 Å². The van der Waals surface area contributed by atoms with E-state index >= 15 is 0 Å². The van der Waals surface area contributed by atoms with Crippen LogP contribution in [0.25, 0.3) is 10.9 Å². The molecule has 0 fully saturated rings. The number of hydrogen-bond donors (Lipinski definition) is 1. The Labute approximate surface area is 93.5 Å². The number of fused-ring (bicyclic) bond motifs is 1. The Kier molecular flexibility index (Phi) is 2.49. The maximum Gasteiger partial charge on any atom is 0.417 e. The molecule has 2 aromatic rings. The zero-order chi connectivity index (χ0) is 12.6. The van der Waals surface area contributed by atoms with Crippen molar-refractivity contribution in [3.63, 3.8) is 0 Å². The van der Waals surface area contributed by atoms with Gasteiger partial charge in [0, 0.05) is 11.6 Å². The van der Waals surface area contributed by atoms with Gasteiger partial charge in [0.1, 0.15) is 0 Å². The third-order valence-corrected chi connectivity index (χ3v) is 2.26. The van der Waals surface area contributed by atoms with Crippen LogP contribution in [-0.4, -0.2) is 16.1 Å². The molecule has 1 aromatic carbocycles. The Morgan fingerprint density at radius 1 is 1.24 bits per heavy atom. The minimum atomic E-state index is -4.45. The van der Waals surface area contributed by atoms with Crippen LogP contribution in [0.1, 0.15) is 15.9 Å². The normalized spacial score (nSPS) is 11.7. The van der Waals surface area contributed by atoms with Crippen LogP contribution >= 0.6 is 0 Å². The first-order valence-electron chi connectivity index (χ1n) is 4.58. The Hall–Kier alpha value is -2.11. The number of pyridine rings is 1. The molecule has 0 aliphatic carbocycles. The molecule has 0 saturated heterocycles. The zero-order valence-corrected chi connectivity index (χ0v) is 8.32. The van der Waals surface area contributed by atoms with Crippen molar-refractivity contribution in [2.45, 2.75) is 6.18 Å². The highest BCUT2D eigenvalue weighted by Crippen LogP contribution is 2.30. The first-order chi connectivity index (χ1) is 7.88. The van der Waals surface area contributed by atoms with Gasteiger partial charge in [-0.05, 0) is 18.2 Å². The molecule has 0 spiro atoms. The summed E-state index contributed by atoms with van der Waals surface area (Å²) in [7, 11) is 0. The molecule has 1 aromatic heterocycles. The van der Waals surface area contributed by atoms with E-state index in [1.54, 1.807) is 0 Å². The van der Waals surface area contributed by atoms with Crippen molar-refractivity contribution < 1.29 is 23.1 Å². The van der Waals surface area contributed by atoms with Gasteiger partial charge in [-0.15, -0.1) is 0 Å². The monoisotopic (exact) mass is 241 g/mol. The van der Waals surface area contributed by atoms with Crippen LogP contribution in [0, 0.1) is 0 Å². The van der Waals surface area contributed by atoms with Gasteiger partial charge in [0.25, 0.3) is 0 Å². The molecule has 3 nitrogen and oxygen atoms in total. The first-order valence-corrected chi connectivity index (χ1v) is 4.58. The maximum atomic E-state index is 12.4. The minimum Gasteiger partial charge on any atom is -0.478 e. The smallest absolute Gasteiger partial charge is 0.417 e. The van der Waals surface area contributed by atoms with E-state index in [9.17, 15) is 18.0 Å². The molecule has 0 aliphatic rings. The lowest BCUT2D eigenvalue weighted by Crippen LogP contribution is -2.05. The molecular weight excluding hydrogens is 235 g/mol. The van der Waals surface area contributed by atoms with Crippen LogP contribution in [0.15, 0.2) is 30.5 Å². The lowest BCUT2D eigenvalue weighted by molar-refractivity contribution is -0.137. The molecule has 6 heteroatoms. The molecule has 0 saturated carbocycles. The zero-order valence-electron chi connectivity index (χ0n) is 8.32. The van der Waals surface area contributed by atoms with E-state index in [4.69, 9.17) is 5.11 Å². The van der Waals surface area contributed by atoms with Gasteiger partial charge < -0.3 is 5.11 Å². The summed E-state index contributed by atoms with van der Waals surface area (Å²) in [5.74, 6) is -1.14. The van der Waals surface area contributed by atoms with Gasteiger partial charge in [-0.2, -0.15) is 13.2 Å². The number of alkyl halides is 3. The number of hydrogen-bond acceptors (Lipinski definition) is 2. The second-order valence-corrected chi connectivity index (χ2v) is 3.43. The van der Waals surface area contributed by atoms with Gasteiger partial charge in [-0.1, -0.05) is 6.07 Å². The van der Waals surface area contributed by atoms with E-state index in [2.05, 4.69) is 4.98 Å². The Morgan fingerprint density at radius 2 is 1.94 bits per heavy atom. The lowest BCUT2D eigenvalue weighted by atomic mass is 10.1. The topological polar surface area (TPSA) is 50.2 Å². The van der Waals surface area contributed by atoms with Crippen LogP contribution in [0.3, 0.4) is 0 Å². The Bertz CT molecular complexity index is 593. The SMILES string of the molecule is O=C(O)c1ccc2cc(C(F)(F)F)cnc2c1. The summed E-state index contributed by atoms with van der Waals surface area (Å²) >= 11 is 0. The van der Waals surface area contributed by atoms with Crippen molar-refractivity contribution in [1.29, 1.82) is 0 Å². The molecule has 0 radical (unpaired) electrons. The van der Waals surface area contributed by atoms with Crippen molar-refractivity contribution in [1.82, 2.24) is 4.98 Å². The second kappa shape index (κ2) is 3.73. The highest BCUT2D eigenvalue weighted by molar-refractivity contribution is 5.93. The van der Waals surface area contributed by atoms with Gasteiger partial charge in [-0.3, -0.25) is 4.98 Å². The molecular formula is C11H6F3NO2. The number of halogens is 3. The molecule has 0 amide bonds. The number of nitrogens with zero attached hydrogens (tertiary/aromatic N) is 1. The fourth-order valence-corrected chi connectivity index (χ4v) is 1.41. The maximum absolute atomic E-state index is 12.4. The molecule has 0 aliphatic heterocycles. The summed E-state index contributed by atoms with van der Waals surface area (Å²) in [5, 5.41) is 8.97. The van der Waals surface area contributed by atoms with E-state index in [0.29, 0.717) is 6.20 Å². The van der Waals surface area contributed by atoms with Crippen molar-refractivity contribution in [2.75, 3.05) is 0 Å². The average molecular weight is 241 g/mol. The first kappa shape index (κ1) is 11.4. The molecule has 2 rings (SSSR count). The highest BCUT2D eigenvalue weighted by Gasteiger charge is 2.31. The molecule has 17 heavy (non-hydrogen) atoms. The third-order valence-electron chi connectivity index (χ3n) is 2.26. The molecule has 1 N–H and O–H groups in total. The number of benzene rings is 1. The van der Waals surface area contributed by atoms with Crippen LogP contribution < -0.4 is 0 Å². The number of aromatic nitrogens is 1. The fourth-order valence-electron chi connectivity index (χ4n) is 1.41. The van der Waals surface area contributed by atoms with Gasteiger partial charge in [-0.25, -0.2) is 4.79 Å². The number of aromatic carboxylic acids is 1. The van der Waals surface area contributed by atoms with Crippen molar-refractivity contribution in [2.24, 2.45) is 0 Å². The summed E-state index contributed by atoms with van der Waals surface area (Å²) in [6.07, 6.45) is -3.76. The van der Waals surface area contributed by atoms with Gasteiger partial charge in [0.05, 0.1) is 16.6 Å². The van der Waals surface area contributed by atoms with Crippen LogP contribution in [0.4, 0.5) is 13.2 Å². The van der Waals surface area contributed by atoms with Crippen molar-refractivity contribution >= 4 is 16.9 Å². The number of carboxylic acid groups (broad SMARTS) is 1. The van der Waals surface area contributed by atoms with E-state index in [1.807, 2.05) is 0 Å². The number of carboxylic acids is 1. The average Bonchev–Trinajstić information content (AvgIpc) is 2.26. The quantitative estimate of drug-likeness (QED) is 0.835.